The number of nitriles is 1. The summed E-state index contributed by atoms with van der Waals surface area (Å²) in [6.07, 6.45) is 3.27. The monoisotopic (exact) mass is 244 g/mol. The highest BCUT2D eigenvalue weighted by molar-refractivity contribution is 5.48. The Bertz CT molecular complexity index is 597. The van der Waals surface area contributed by atoms with Crippen molar-refractivity contribution in [3.05, 3.63) is 47.8 Å². The van der Waals surface area contributed by atoms with Crippen LogP contribution in [-0.2, 0) is 7.05 Å². The molecule has 0 radical (unpaired) electrons. The Labute approximate surface area is 105 Å². The zero-order chi connectivity index (χ0) is 13.1. The largest absolute Gasteiger partial charge is 0.365 e. The molecule has 0 aliphatic heterocycles. The average Bonchev–Trinajstić information content (AvgIpc) is 2.77. The van der Waals surface area contributed by atoms with Gasteiger partial charge in [-0.15, -0.1) is 0 Å². The summed E-state index contributed by atoms with van der Waals surface area (Å²) in [6, 6.07) is 6.33. The van der Waals surface area contributed by atoms with Gasteiger partial charge in [0.25, 0.3) is 0 Å². The van der Waals surface area contributed by atoms with Crippen LogP contribution in [0, 0.1) is 24.1 Å². The van der Waals surface area contributed by atoms with Crippen LogP contribution in [0.25, 0.3) is 0 Å². The van der Waals surface area contributed by atoms with Crippen LogP contribution in [0.4, 0.5) is 10.1 Å². The van der Waals surface area contributed by atoms with Crippen LogP contribution in [0.2, 0.25) is 0 Å². The second-order valence-electron chi connectivity index (χ2n) is 4.10. The number of hydrogen-bond donors (Lipinski definition) is 1. The van der Waals surface area contributed by atoms with Crippen molar-refractivity contribution in [2.45, 2.75) is 13.0 Å². The Morgan fingerprint density at radius 1 is 1.50 bits per heavy atom. The van der Waals surface area contributed by atoms with Gasteiger partial charge in [-0.1, -0.05) is 0 Å². The van der Waals surface area contributed by atoms with E-state index in [1.54, 1.807) is 36.1 Å². The first kappa shape index (κ1) is 12.1. The number of aryl methyl sites for hydroxylation is 2. The average molecular weight is 244 g/mol. The molecule has 92 valence electrons. The fraction of sp³-hybridized carbons (Fsp3) is 0.231. The molecule has 18 heavy (non-hydrogen) atoms. The van der Waals surface area contributed by atoms with Gasteiger partial charge in [0.05, 0.1) is 24.3 Å². The molecule has 1 heterocycles. The third-order valence-corrected chi connectivity index (χ3v) is 2.75. The number of halogens is 1. The van der Waals surface area contributed by atoms with Crippen molar-refractivity contribution in [1.82, 2.24) is 9.55 Å². The Kier molecular flexibility index (Phi) is 3.28. The van der Waals surface area contributed by atoms with Crippen molar-refractivity contribution in [2.75, 3.05) is 5.32 Å². The maximum Gasteiger partial charge on any atom is 0.156 e. The Balaban J connectivity index is 2.24. The molecule has 0 amide bonds. The molecule has 5 heteroatoms. The number of imidazole rings is 1. The van der Waals surface area contributed by atoms with Crippen molar-refractivity contribution < 1.29 is 4.39 Å². The van der Waals surface area contributed by atoms with Gasteiger partial charge in [0.2, 0.25) is 0 Å². The van der Waals surface area contributed by atoms with Crippen LogP contribution in [0.5, 0.6) is 0 Å². The molecule has 1 atom stereocenters. The molecule has 1 aromatic heterocycles. The third kappa shape index (κ3) is 2.33. The smallest absolute Gasteiger partial charge is 0.156 e. The first-order valence-corrected chi connectivity index (χ1v) is 5.50. The molecular weight excluding hydrogens is 231 g/mol. The molecule has 0 saturated carbocycles. The van der Waals surface area contributed by atoms with Crippen molar-refractivity contribution in [1.29, 1.82) is 5.26 Å². The molecule has 0 bridgehead atoms. The molecule has 1 N–H and O–H groups in total. The Hall–Kier alpha value is -2.35. The number of hydrogen-bond acceptors (Lipinski definition) is 3. The van der Waals surface area contributed by atoms with Gasteiger partial charge in [-0.2, -0.15) is 5.26 Å². The van der Waals surface area contributed by atoms with Crippen molar-refractivity contribution in [3.63, 3.8) is 0 Å². The van der Waals surface area contributed by atoms with E-state index in [-0.39, 0.29) is 5.82 Å². The summed E-state index contributed by atoms with van der Waals surface area (Å²) in [7, 11) is 1.82. The van der Waals surface area contributed by atoms with Gasteiger partial charge >= 0.3 is 0 Å². The van der Waals surface area contributed by atoms with E-state index in [0.717, 1.165) is 5.69 Å². The number of benzene rings is 1. The zero-order valence-corrected chi connectivity index (χ0v) is 10.2. The summed E-state index contributed by atoms with van der Waals surface area (Å²) in [6.45, 7) is 1.69. The van der Waals surface area contributed by atoms with Gasteiger partial charge in [0.1, 0.15) is 5.82 Å². The van der Waals surface area contributed by atoms with E-state index in [1.165, 1.54) is 6.07 Å². The van der Waals surface area contributed by atoms with Gasteiger partial charge < -0.3 is 9.88 Å². The summed E-state index contributed by atoms with van der Waals surface area (Å²) in [5.74, 6) is -0.255. The summed E-state index contributed by atoms with van der Waals surface area (Å²) < 4.78 is 14.9. The summed E-state index contributed by atoms with van der Waals surface area (Å²) in [5.41, 5.74) is 2.02. The molecule has 0 fully saturated rings. The van der Waals surface area contributed by atoms with E-state index in [0.29, 0.717) is 11.3 Å². The van der Waals surface area contributed by atoms with E-state index >= 15 is 0 Å². The lowest BCUT2D eigenvalue weighted by atomic mass is 10.1. The van der Waals surface area contributed by atoms with Crippen LogP contribution in [0.15, 0.2) is 30.7 Å². The van der Waals surface area contributed by atoms with Gasteiger partial charge in [-0.3, -0.25) is 0 Å². The van der Waals surface area contributed by atoms with Gasteiger partial charge in [0, 0.05) is 12.7 Å². The van der Waals surface area contributed by atoms with Crippen LogP contribution in [-0.4, -0.2) is 9.55 Å². The molecule has 4 nitrogen and oxygen atoms in total. The fourth-order valence-electron chi connectivity index (χ4n) is 1.72. The number of nitrogens with one attached hydrogen (secondary N) is 1. The molecule has 0 spiro atoms. The van der Waals surface area contributed by atoms with E-state index in [1.807, 2.05) is 7.05 Å². The van der Waals surface area contributed by atoms with Crippen molar-refractivity contribution in [3.8, 4) is 6.07 Å². The molecule has 0 saturated heterocycles. The van der Waals surface area contributed by atoms with Gasteiger partial charge in [-0.05, 0) is 30.7 Å². The molecular formula is C13H13FN4. The molecule has 2 aromatic rings. The highest BCUT2D eigenvalue weighted by Gasteiger charge is 2.14. The first-order chi connectivity index (χ1) is 8.61. The SMILES string of the molecule is Cc1cc(NC(C#N)c2cncn2C)ccc1F. The maximum atomic E-state index is 13.1. The van der Waals surface area contributed by atoms with Crippen LogP contribution in [0.3, 0.4) is 0 Å². The summed E-state index contributed by atoms with van der Waals surface area (Å²) >= 11 is 0. The quantitative estimate of drug-likeness (QED) is 0.902. The molecule has 1 unspecified atom stereocenters. The highest BCUT2D eigenvalue weighted by atomic mass is 19.1. The topological polar surface area (TPSA) is 53.6 Å². The molecule has 1 aromatic carbocycles. The minimum Gasteiger partial charge on any atom is -0.365 e. The normalized spacial score (nSPS) is 11.9. The van der Waals surface area contributed by atoms with E-state index in [9.17, 15) is 9.65 Å². The standard InChI is InChI=1S/C13H13FN4/c1-9-5-10(3-4-11(9)14)17-12(6-15)13-7-16-8-18(13)2/h3-5,7-8,12,17H,1-2H3. The first-order valence-electron chi connectivity index (χ1n) is 5.50. The lowest BCUT2D eigenvalue weighted by Gasteiger charge is -2.14. The number of rotatable bonds is 3. The van der Waals surface area contributed by atoms with Gasteiger partial charge in [0.15, 0.2) is 6.04 Å². The van der Waals surface area contributed by atoms with Crippen molar-refractivity contribution >= 4 is 5.69 Å². The minimum atomic E-state index is -0.512. The molecule has 0 aliphatic carbocycles. The number of anilines is 1. The van der Waals surface area contributed by atoms with E-state index in [2.05, 4.69) is 16.4 Å². The predicted molar refractivity (Wildman–Crippen MR) is 66.3 cm³/mol. The summed E-state index contributed by atoms with van der Waals surface area (Å²) in [5, 5.41) is 12.2. The molecule has 2 rings (SSSR count). The van der Waals surface area contributed by atoms with Crippen LogP contribution < -0.4 is 5.32 Å². The fourth-order valence-corrected chi connectivity index (χ4v) is 1.72. The second-order valence-corrected chi connectivity index (χ2v) is 4.10. The van der Waals surface area contributed by atoms with E-state index in [4.69, 9.17) is 0 Å². The molecule has 0 aliphatic rings. The third-order valence-electron chi connectivity index (χ3n) is 2.75. The highest BCUT2D eigenvalue weighted by Crippen LogP contribution is 2.20. The van der Waals surface area contributed by atoms with Crippen LogP contribution in [0.1, 0.15) is 17.3 Å². The maximum absolute atomic E-state index is 13.1. The minimum absolute atomic E-state index is 0.255. The van der Waals surface area contributed by atoms with Gasteiger partial charge in [-0.25, -0.2) is 9.37 Å². The predicted octanol–water partition coefficient (Wildman–Crippen LogP) is 2.54. The van der Waals surface area contributed by atoms with Crippen molar-refractivity contribution in [2.24, 2.45) is 7.05 Å². The lowest BCUT2D eigenvalue weighted by Crippen LogP contribution is -2.12. The Morgan fingerprint density at radius 3 is 2.83 bits per heavy atom. The lowest BCUT2D eigenvalue weighted by molar-refractivity contribution is 0.618. The number of aromatic nitrogens is 2. The Morgan fingerprint density at radius 2 is 2.28 bits per heavy atom. The second kappa shape index (κ2) is 4.88. The van der Waals surface area contributed by atoms with Crippen LogP contribution >= 0.6 is 0 Å². The number of nitrogens with zero attached hydrogens (tertiary/aromatic N) is 3. The van der Waals surface area contributed by atoms with E-state index < -0.39 is 6.04 Å². The zero-order valence-electron chi connectivity index (χ0n) is 10.2. The summed E-state index contributed by atoms with van der Waals surface area (Å²) in [4.78, 5) is 3.98.